The number of imide groups is 2. The van der Waals surface area contributed by atoms with Crippen molar-refractivity contribution in [3.63, 3.8) is 0 Å². The second kappa shape index (κ2) is 5.73. The highest BCUT2D eigenvalue weighted by Gasteiger charge is 2.44. The van der Waals surface area contributed by atoms with E-state index in [-0.39, 0.29) is 24.0 Å². The Kier molecular flexibility index (Phi) is 3.72. The molecule has 2 heterocycles. The molecule has 3 rings (SSSR count). The molecule has 1 aromatic rings. The lowest BCUT2D eigenvalue weighted by molar-refractivity contribution is -0.136. The molecule has 24 heavy (non-hydrogen) atoms. The highest BCUT2D eigenvalue weighted by Crippen LogP contribution is 2.28. The van der Waals surface area contributed by atoms with Crippen molar-refractivity contribution < 1.29 is 29.1 Å². The zero-order valence-electron chi connectivity index (χ0n) is 12.3. The number of benzene rings is 1. The first-order chi connectivity index (χ1) is 11.4. The third-order valence-corrected chi connectivity index (χ3v) is 3.88. The van der Waals surface area contributed by atoms with E-state index in [1.807, 2.05) is 0 Å². The fraction of sp³-hybridized carbons (Fsp3) is 0.188. The average Bonchev–Trinajstić information content (AvgIpc) is 2.77. The van der Waals surface area contributed by atoms with Gasteiger partial charge in [-0.1, -0.05) is 6.07 Å². The van der Waals surface area contributed by atoms with Crippen LogP contribution in [0.3, 0.4) is 0 Å². The number of fused-ring (bicyclic) bond motifs is 1. The molecule has 0 spiro atoms. The summed E-state index contributed by atoms with van der Waals surface area (Å²) in [5, 5.41) is 10.8. The molecule has 0 radical (unpaired) electrons. The van der Waals surface area contributed by atoms with Crippen LogP contribution in [-0.2, 0) is 14.4 Å². The standard InChI is InChI=1S/C16H12N2O6/c19-12-5-4-11(14(22)17-12)18-15(23)9-3-1-8(2-6-13(20)21)7-10(9)16(18)24/h1-3,6-7,11H,4-5H2,(H,20,21)(H,17,19,22)/b6-2+. The lowest BCUT2D eigenvalue weighted by atomic mass is 10.0. The molecule has 8 heteroatoms. The molecular formula is C16H12N2O6. The number of carboxylic acids is 1. The molecule has 2 N–H and O–H groups in total. The van der Waals surface area contributed by atoms with Gasteiger partial charge in [0.25, 0.3) is 11.8 Å². The minimum Gasteiger partial charge on any atom is -0.478 e. The van der Waals surface area contributed by atoms with E-state index in [0.29, 0.717) is 5.56 Å². The summed E-state index contributed by atoms with van der Waals surface area (Å²) in [6, 6.07) is 3.31. The number of carboxylic acid groups (broad SMARTS) is 1. The van der Waals surface area contributed by atoms with Gasteiger partial charge in [0.15, 0.2) is 0 Å². The van der Waals surface area contributed by atoms with Gasteiger partial charge in [-0.2, -0.15) is 0 Å². The van der Waals surface area contributed by atoms with Gasteiger partial charge in [-0.15, -0.1) is 0 Å². The van der Waals surface area contributed by atoms with Crippen molar-refractivity contribution in [1.29, 1.82) is 0 Å². The van der Waals surface area contributed by atoms with Gasteiger partial charge in [-0.05, 0) is 30.2 Å². The summed E-state index contributed by atoms with van der Waals surface area (Å²) in [5.74, 6) is -3.47. The lowest BCUT2D eigenvalue weighted by Crippen LogP contribution is -2.54. The number of amides is 4. The maximum absolute atomic E-state index is 12.5. The van der Waals surface area contributed by atoms with Crippen molar-refractivity contribution in [2.75, 3.05) is 0 Å². The number of carbonyl (C=O) groups excluding carboxylic acids is 4. The fourth-order valence-electron chi connectivity index (χ4n) is 2.76. The number of hydrogen-bond donors (Lipinski definition) is 2. The maximum Gasteiger partial charge on any atom is 0.328 e. The van der Waals surface area contributed by atoms with Crippen LogP contribution in [0.2, 0.25) is 0 Å². The Hall–Kier alpha value is -3.29. The Balaban J connectivity index is 1.92. The van der Waals surface area contributed by atoms with Gasteiger partial charge in [-0.3, -0.25) is 29.4 Å². The SMILES string of the molecule is O=C(O)/C=C/c1ccc2c(c1)C(=O)N(C1CCC(=O)NC1=O)C2=O. The Morgan fingerprint density at radius 2 is 1.88 bits per heavy atom. The number of hydrogen-bond acceptors (Lipinski definition) is 5. The van der Waals surface area contributed by atoms with Crippen molar-refractivity contribution in [3.8, 4) is 0 Å². The molecular weight excluding hydrogens is 316 g/mol. The van der Waals surface area contributed by atoms with Crippen LogP contribution in [0.4, 0.5) is 0 Å². The summed E-state index contributed by atoms with van der Waals surface area (Å²) in [7, 11) is 0. The molecule has 1 unspecified atom stereocenters. The molecule has 1 aromatic carbocycles. The fourth-order valence-corrected chi connectivity index (χ4v) is 2.76. The molecule has 8 nitrogen and oxygen atoms in total. The highest BCUT2D eigenvalue weighted by atomic mass is 16.4. The molecule has 122 valence electrons. The van der Waals surface area contributed by atoms with E-state index in [1.54, 1.807) is 0 Å². The normalized spacial score (nSPS) is 20.5. The molecule has 1 fully saturated rings. The molecule has 1 saturated heterocycles. The maximum atomic E-state index is 12.5. The first kappa shape index (κ1) is 15.6. The van der Waals surface area contributed by atoms with Crippen molar-refractivity contribution >= 4 is 35.7 Å². The third kappa shape index (κ3) is 2.58. The van der Waals surface area contributed by atoms with Crippen LogP contribution in [0.25, 0.3) is 6.08 Å². The van der Waals surface area contributed by atoms with E-state index < -0.39 is 35.6 Å². The van der Waals surface area contributed by atoms with E-state index in [0.717, 1.165) is 11.0 Å². The summed E-state index contributed by atoms with van der Waals surface area (Å²) in [5.41, 5.74) is 0.705. The average molecular weight is 328 g/mol. The molecule has 0 bridgehead atoms. The van der Waals surface area contributed by atoms with Gasteiger partial charge in [-0.25, -0.2) is 4.79 Å². The summed E-state index contributed by atoms with van der Waals surface area (Å²) < 4.78 is 0. The van der Waals surface area contributed by atoms with Gasteiger partial charge in [0, 0.05) is 12.5 Å². The smallest absolute Gasteiger partial charge is 0.328 e. The number of carbonyl (C=O) groups is 5. The van der Waals surface area contributed by atoms with E-state index in [4.69, 9.17) is 5.11 Å². The van der Waals surface area contributed by atoms with Crippen LogP contribution in [0, 0.1) is 0 Å². The molecule has 0 aliphatic carbocycles. The zero-order chi connectivity index (χ0) is 17.4. The number of nitrogens with one attached hydrogen (secondary N) is 1. The minimum absolute atomic E-state index is 0.0520. The number of piperidine rings is 1. The van der Waals surface area contributed by atoms with E-state index in [2.05, 4.69) is 5.32 Å². The van der Waals surface area contributed by atoms with Crippen LogP contribution in [0.15, 0.2) is 24.3 Å². The Bertz CT molecular complexity index is 826. The number of nitrogens with zero attached hydrogens (tertiary/aromatic N) is 1. The minimum atomic E-state index is -1.14. The third-order valence-electron chi connectivity index (χ3n) is 3.88. The van der Waals surface area contributed by atoms with Gasteiger partial charge < -0.3 is 5.11 Å². The second-order valence-corrected chi connectivity index (χ2v) is 5.42. The van der Waals surface area contributed by atoms with Crippen LogP contribution in [-0.4, -0.2) is 45.6 Å². The molecule has 0 aromatic heterocycles. The summed E-state index contributed by atoms with van der Waals surface area (Å²) in [6.45, 7) is 0. The molecule has 2 aliphatic heterocycles. The molecule has 2 aliphatic rings. The Labute approximate surface area is 135 Å². The van der Waals surface area contributed by atoms with Gasteiger partial charge in [0.1, 0.15) is 6.04 Å². The topological polar surface area (TPSA) is 121 Å². The highest BCUT2D eigenvalue weighted by molar-refractivity contribution is 6.23. The van der Waals surface area contributed by atoms with E-state index in [1.165, 1.54) is 24.3 Å². The first-order valence-electron chi connectivity index (χ1n) is 7.15. The van der Waals surface area contributed by atoms with Gasteiger partial charge >= 0.3 is 5.97 Å². The molecule has 4 amide bonds. The lowest BCUT2D eigenvalue weighted by Gasteiger charge is -2.27. The van der Waals surface area contributed by atoms with Crippen LogP contribution in [0.1, 0.15) is 39.1 Å². The number of rotatable bonds is 3. The zero-order valence-corrected chi connectivity index (χ0v) is 12.3. The van der Waals surface area contributed by atoms with Crippen LogP contribution < -0.4 is 5.32 Å². The summed E-state index contributed by atoms with van der Waals surface area (Å²) in [4.78, 5) is 59.5. The predicted octanol–water partition coefficient (Wildman–Crippen LogP) is 0.186. The monoisotopic (exact) mass is 328 g/mol. The van der Waals surface area contributed by atoms with Crippen LogP contribution >= 0.6 is 0 Å². The van der Waals surface area contributed by atoms with Crippen molar-refractivity contribution in [2.45, 2.75) is 18.9 Å². The first-order valence-corrected chi connectivity index (χ1v) is 7.15. The Morgan fingerprint density at radius 3 is 2.54 bits per heavy atom. The van der Waals surface area contributed by atoms with Gasteiger partial charge in [0.2, 0.25) is 11.8 Å². The molecule has 1 atom stereocenters. The summed E-state index contributed by atoms with van der Waals surface area (Å²) >= 11 is 0. The largest absolute Gasteiger partial charge is 0.478 e. The van der Waals surface area contributed by atoms with E-state index in [9.17, 15) is 24.0 Å². The summed E-state index contributed by atoms with van der Waals surface area (Å²) in [6.07, 6.45) is 2.36. The predicted molar refractivity (Wildman–Crippen MR) is 79.8 cm³/mol. The quantitative estimate of drug-likeness (QED) is 0.603. The number of aliphatic carboxylic acids is 1. The van der Waals surface area contributed by atoms with E-state index >= 15 is 0 Å². The van der Waals surface area contributed by atoms with Crippen molar-refractivity contribution in [2.24, 2.45) is 0 Å². The van der Waals surface area contributed by atoms with Crippen LogP contribution in [0.5, 0.6) is 0 Å². The van der Waals surface area contributed by atoms with Crippen molar-refractivity contribution in [3.05, 3.63) is 41.0 Å². The molecule has 0 saturated carbocycles. The Morgan fingerprint density at radius 1 is 1.17 bits per heavy atom. The van der Waals surface area contributed by atoms with Gasteiger partial charge in [0.05, 0.1) is 11.1 Å². The van der Waals surface area contributed by atoms with Crippen molar-refractivity contribution in [1.82, 2.24) is 10.2 Å². The second-order valence-electron chi connectivity index (χ2n) is 5.42.